The maximum atomic E-state index is 6.37. The van der Waals surface area contributed by atoms with Crippen LogP contribution in [0.1, 0.15) is 19.4 Å². The van der Waals surface area contributed by atoms with Crippen molar-refractivity contribution in [2.75, 3.05) is 44.3 Å². The number of nitrogens with zero attached hydrogens (tertiary/aromatic N) is 4. The van der Waals surface area contributed by atoms with Gasteiger partial charge in [-0.3, -0.25) is 4.90 Å². The molecule has 0 unspecified atom stereocenters. The number of nitrogens with two attached hydrogens (primary N) is 1. The van der Waals surface area contributed by atoms with E-state index < -0.39 is 0 Å². The van der Waals surface area contributed by atoms with Crippen LogP contribution in [0.25, 0.3) is 10.9 Å². The number of hydrogen-bond donors (Lipinski definition) is 2. The third kappa shape index (κ3) is 4.38. The van der Waals surface area contributed by atoms with Crippen molar-refractivity contribution >= 4 is 28.1 Å². The van der Waals surface area contributed by atoms with Crippen molar-refractivity contribution in [3.05, 3.63) is 54.4 Å². The number of aromatic nitrogens is 2. The molecular formula is C24H28N6. The predicted octanol–water partition coefficient (Wildman–Crippen LogP) is 3.33. The highest BCUT2D eigenvalue weighted by atomic mass is 15.3. The number of hydrogen-bond acceptors (Lipinski definition) is 6. The molecule has 2 aromatic carbocycles. The fraction of sp³-hybridized carbons (Fsp3) is 0.333. The zero-order valence-corrected chi connectivity index (χ0v) is 17.8. The summed E-state index contributed by atoms with van der Waals surface area (Å²) >= 11 is 0. The van der Waals surface area contributed by atoms with E-state index in [1.54, 1.807) is 6.33 Å². The van der Waals surface area contributed by atoms with Crippen LogP contribution >= 0.6 is 0 Å². The predicted molar refractivity (Wildman–Crippen MR) is 124 cm³/mol. The van der Waals surface area contributed by atoms with Gasteiger partial charge in [0.15, 0.2) is 0 Å². The van der Waals surface area contributed by atoms with Crippen molar-refractivity contribution in [3.63, 3.8) is 0 Å². The first-order chi connectivity index (χ1) is 14.4. The minimum Gasteiger partial charge on any atom is -0.398 e. The van der Waals surface area contributed by atoms with Crippen LogP contribution in [0, 0.1) is 11.8 Å². The van der Waals surface area contributed by atoms with Gasteiger partial charge in [0.2, 0.25) is 0 Å². The maximum Gasteiger partial charge on any atom is 0.141 e. The van der Waals surface area contributed by atoms with E-state index in [0.29, 0.717) is 5.69 Å². The number of para-hydroxylation sites is 1. The summed E-state index contributed by atoms with van der Waals surface area (Å²) in [5, 5.41) is 4.22. The molecule has 6 nitrogen and oxygen atoms in total. The lowest BCUT2D eigenvalue weighted by molar-refractivity contribution is 0.0946. The Morgan fingerprint density at radius 1 is 1.03 bits per heavy atom. The van der Waals surface area contributed by atoms with Gasteiger partial charge in [-0.1, -0.05) is 30.0 Å². The molecule has 0 amide bonds. The molecule has 1 fully saturated rings. The van der Waals surface area contributed by atoms with Crippen molar-refractivity contribution in [1.82, 2.24) is 19.8 Å². The first-order valence-electron chi connectivity index (χ1n) is 10.3. The van der Waals surface area contributed by atoms with Crippen molar-refractivity contribution in [3.8, 4) is 11.8 Å². The summed E-state index contributed by atoms with van der Waals surface area (Å²) in [6.45, 7) is 8.52. The van der Waals surface area contributed by atoms with Crippen LogP contribution in [0.15, 0.2) is 48.8 Å². The Hall–Kier alpha value is -3.14. The third-order valence-electron chi connectivity index (χ3n) is 5.64. The Kier molecular flexibility index (Phi) is 5.58. The van der Waals surface area contributed by atoms with Crippen LogP contribution in [0.4, 0.5) is 17.2 Å². The van der Waals surface area contributed by atoms with Gasteiger partial charge in [-0.05, 0) is 45.2 Å². The fourth-order valence-electron chi connectivity index (χ4n) is 3.65. The molecule has 0 bridgehead atoms. The van der Waals surface area contributed by atoms with Gasteiger partial charge in [0.25, 0.3) is 0 Å². The number of fused-ring (bicyclic) bond motifs is 1. The molecule has 1 aliphatic heterocycles. The van der Waals surface area contributed by atoms with E-state index in [2.05, 4.69) is 57.8 Å². The van der Waals surface area contributed by atoms with E-state index in [0.717, 1.165) is 54.2 Å². The largest absolute Gasteiger partial charge is 0.398 e. The van der Waals surface area contributed by atoms with Gasteiger partial charge in [0, 0.05) is 48.5 Å². The molecule has 0 radical (unpaired) electrons. The van der Waals surface area contributed by atoms with Crippen LogP contribution in [-0.4, -0.2) is 58.5 Å². The Bertz CT molecular complexity index is 1090. The summed E-state index contributed by atoms with van der Waals surface area (Å²) in [5.74, 6) is 7.48. The van der Waals surface area contributed by atoms with Crippen molar-refractivity contribution in [2.24, 2.45) is 0 Å². The van der Waals surface area contributed by atoms with Gasteiger partial charge >= 0.3 is 0 Å². The standard InChI is InChI=1S/C24H28N6/c1-24(2,30-13-11-29(3)12-14-30)10-9-18-15-22-20(16-21(18)25)23(27-17-26-22)28-19-7-5-4-6-8-19/h4-8,15-17H,11-14,25H2,1-3H3,(H,26,27,28). The molecule has 0 atom stereocenters. The van der Waals surface area contributed by atoms with E-state index in [-0.39, 0.29) is 5.54 Å². The molecule has 0 aliphatic carbocycles. The molecule has 1 saturated heterocycles. The number of nitrogen functional groups attached to an aromatic ring is 1. The van der Waals surface area contributed by atoms with Crippen LogP contribution in [-0.2, 0) is 0 Å². The molecule has 3 aromatic rings. The minimum atomic E-state index is -0.214. The number of piperazine rings is 1. The Morgan fingerprint density at radius 3 is 2.50 bits per heavy atom. The van der Waals surface area contributed by atoms with Crippen molar-refractivity contribution in [1.29, 1.82) is 0 Å². The van der Waals surface area contributed by atoms with Gasteiger partial charge in [0.1, 0.15) is 12.1 Å². The van der Waals surface area contributed by atoms with E-state index in [9.17, 15) is 0 Å². The van der Waals surface area contributed by atoms with Crippen LogP contribution < -0.4 is 11.1 Å². The molecule has 0 saturated carbocycles. The lowest BCUT2D eigenvalue weighted by atomic mass is 10.0. The number of likely N-dealkylation sites (N-methyl/N-ethyl adjacent to an activating group) is 1. The molecule has 0 spiro atoms. The summed E-state index contributed by atoms with van der Waals surface area (Å²) in [7, 11) is 2.16. The quantitative estimate of drug-likeness (QED) is 0.519. The molecule has 30 heavy (non-hydrogen) atoms. The highest BCUT2D eigenvalue weighted by Crippen LogP contribution is 2.27. The van der Waals surface area contributed by atoms with Gasteiger partial charge in [-0.25, -0.2) is 9.97 Å². The van der Waals surface area contributed by atoms with Gasteiger partial charge in [-0.15, -0.1) is 0 Å². The fourth-order valence-corrected chi connectivity index (χ4v) is 3.65. The zero-order valence-electron chi connectivity index (χ0n) is 17.8. The number of rotatable bonds is 3. The highest BCUT2D eigenvalue weighted by Gasteiger charge is 2.27. The highest BCUT2D eigenvalue weighted by molar-refractivity contribution is 5.94. The van der Waals surface area contributed by atoms with Crippen molar-refractivity contribution < 1.29 is 0 Å². The monoisotopic (exact) mass is 400 g/mol. The van der Waals surface area contributed by atoms with Crippen molar-refractivity contribution in [2.45, 2.75) is 19.4 Å². The van der Waals surface area contributed by atoms with E-state index in [1.807, 2.05) is 42.5 Å². The maximum absolute atomic E-state index is 6.37. The van der Waals surface area contributed by atoms with Gasteiger partial charge in [-0.2, -0.15) is 0 Å². The molecule has 3 N–H and O–H groups in total. The SMILES string of the molecule is CN1CCN(C(C)(C)C#Cc2cc3ncnc(Nc4ccccc4)c3cc2N)CC1. The third-order valence-corrected chi connectivity index (χ3v) is 5.64. The van der Waals surface area contributed by atoms with E-state index in [1.165, 1.54) is 0 Å². The van der Waals surface area contributed by atoms with E-state index >= 15 is 0 Å². The topological polar surface area (TPSA) is 70.3 Å². The summed E-state index contributed by atoms with van der Waals surface area (Å²) in [6, 6.07) is 13.8. The molecule has 1 aliphatic rings. The molecule has 6 heteroatoms. The van der Waals surface area contributed by atoms with Gasteiger partial charge in [0.05, 0.1) is 11.1 Å². The second-order valence-electron chi connectivity index (χ2n) is 8.27. The average Bonchev–Trinajstić information content (AvgIpc) is 2.74. The Labute approximate surface area is 178 Å². The van der Waals surface area contributed by atoms with Crippen LogP contribution in [0.2, 0.25) is 0 Å². The van der Waals surface area contributed by atoms with Crippen LogP contribution in [0.5, 0.6) is 0 Å². The minimum absolute atomic E-state index is 0.214. The normalized spacial score (nSPS) is 15.6. The molecule has 4 rings (SSSR count). The smallest absolute Gasteiger partial charge is 0.141 e. The average molecular weight is 401 g/mol. The summed E-state index contributed by atoms with van der Waals surface area (Å²) in [5.41, 5.74) is 9.37. The second-order valence-corrected chi connectivity index (χ2v) is 8.27. The van der Waals surface area contributed by atoms with Gasteiger partial charge < -0.3 is 16.0 Å². The molecule has 1 aromatic heterocycles. The molecule has 2 heterocycles. The number of nitrogens with one attached hydrogen (secondary N) is 1. The Morgan fingerprint density at radius 2 is 1.77 bits per heavy atom. The van der Waals surface area contributed by atoms with E-state index in [4.69, 9.17) is 5.73 Å². The second kappa shape index (κ2) is 8.31. The molecule has 154 valence electrons. The summed E-state index contributed by atoms with van der Waals surface area (Å²) in [6.07, 6.45) is 1.56. The number of benzene rings is 2. The lowest BCUT2D eigenvalue weighted by Gasteiger charge is -2.40. The first-order valence-corrected chi connectivity index (χ1v) is 10.3. The summed E-state index contributed by atoms with van der Waals surface area (Å²) in [4.78, 5) is 13.6. The number of anilines is 3. The molecular weight excluding hydrogens is 372 g/mol. The van der Waals surface area contributed by atoms with Crippen LogP contribution in [0.3, 0.4) is 0 Å². The summed E-state index contributed by atoms with van der Waals surface area (Å²) < 4.78 is 0. The zero-order chi connectivity index (χ0) is 21.1. The first kappa shape index (κ1) is 20.1. The lowest BCUT2D eigenvalue weighted by Crippen LogP contribution is -2.53. The Balaban J connectivity index is 1.62.